The van der Waals surface area contributed by atoms with Gasteiger partial charge in [-0.2, -0.15) is 0 Å². The maximum Gasteiger partial charge on any atom is 0.0312 e. The molecule has 0 aliphatic carbocycles. The highest BCUT2D eigenvalue weighted by molar-refractivity contribution is 5.08. The lowest BCUT2D eigenvalue weighted by molar-refractivity contribution is 0.248. The molecule has 0 bridgehead atoms. The van der Waals surface area contributed by atoms with Crippen LogP contribution >= 0.6 is 0 Å². The molecule has 2 rings (SSSR count). The van der Waals surface area contributed by atoms with Crippen molar-refractivity contribution in [1.82, 2.24) is 15.2 Å². The molecule has 3 heteroatoms. The topological polar surface area (TPSA) is 28.2 Å². The van der Waals surface area contributed by atoms with Gasteiger partial charge in [-0.3, -0.25) is 9.88 Å². The van der Waals surface area contributed by atoms with Gasteiger partial charge in [0.05, 0.1) is 0 Å². The van der Waals surface area contributed by atoms with Gasteiger partial charge in [-0.15, -0.1) is 0 Å². The number of likely N-dealkylation sites (N-methyl/N-ethyl adjacent to an activating group) is 1. The third-order valence-corrected chi connectivity index (χ3v) is 2.81. The summed E-state index contributed by atoms with van der Waals surface area (Å²) < 4.78 is 0. The van der Waals surface area contributed by atoms with Gasteiger partial charge in [-0.05, 0) is 31.6 Å². The lowest BCUT2D eigenvalue weighted by Crippen LogP contribution is -2.32. The summed E-state index contributed by atoms with van der Waals surface area (Å²) in [5.41, 5.74) is 1.29. The van der Waals surface area contributed by atoms with Crippen LogP contribution in [0.25, 0.3) is 0 Å². The second-order valence-electron chi connectivity index (χ2n) is 3.92. The van der Waals surface area contributed by atoms with Crippen LogP contribution in [-0.2, 0) is 6.54 Å². The summed E-state index contributed by atoms with van der Waals surface area (Å²) in [5, 5.41) is 3.38. The number of nitrogens with zero attached hydrogens (tertiary/aromatic N) is 2. The fraction of sp³-hybridized carbons (Fsp3) is 0.545. The Hall–Kier alpha value is -0.930. The van der Waals surface area contributed by atoms with Crippen molar-refractivity contribution in [2.45, 2.75) is 19.0 Å². The summed E-state index contributed by atoms with van der Waals surface area (Å²) in [7, 11) is 2.19. The fourth-order valence-corrected chi connectivity index (χ4v) is 1.92. The van der Waals surface area contributed by atoms with E-state index in [4.69, 9.17) is 0 Å². The third kappa shape index (κ3) is 2.30. The van der Waals surface area contributed by atoms with Crippen molar-refractivity contribution in [2.75, 3.05) is 20.1 Å². The van der Waals surface area contributed by atoms with Gasteiger partial charge < -0.3 is 5.32 Å². The Balaban J connectivity index is 1.90. The average Bonchev–Trinajstić information content (AvgIpc) is 2.72. The molecule has 0 spiro atoms. The maximum atomic E-state index is 4.12. The van der Waals surface area contributed by atoms with Gasteiger partial charge in [0.2, 0.25) is 0 Å². The molecule has 1 N–H and O–H groups in total. The van der Waals surface area contributed by atoms with E-state index < -0.39 is 0 Å². The molecule has 0 aromatic carbocycles. The summed E-state index contributed by atoms with van der Waals surface area (Å²) in [5.74, 6) is 0. The van der Waals surface area contributed by atoms with E-state index in [1.807, 2.05) is 18.5 Å². The molecule has 1 fully saturated rings. The van der Waals surface area contributed by atoms with E-state index in [1.165, 1.54) is 12.0 Å². The highest BCUT2D eigenvalue weighted by atomic mass is 15.2. The van der Waals surface area contributed by atoms with Crippen LogP contribution in [0.2, 0.25) is 0 Å². The Morgan fingerprint density at radius 1 is 1.64 bits per heavy atom. The zero-order chi connectivity index (χ0) is 9.80. The van der Waals surface area contributed by atoms with Crippen LogP contribution in [0.1, 0.15) is 12.0 Å². The van der Waals surface area contributed by atoms with Crippen molar-refractivity contribution >= 4 is 0 Å². The Bertz CT molecular complexity index is 267. The van der Waals surface area contributed by atoms with Crippen molar-refractivity contribution in [3.05, 3.63) is 30.1 Å². The molecule has 1 atom stereocenters. The molecule has 3 nitrogen and oxygen atoms in total. The van der Waals surface area contributed by atoms with Crippen LogP contribution in [0, 0.1) is 0 Å². The predicted molar refractivity (Wildman–Crippen MR) is 57.0 cm³/mol. The van der Waals surface area contributed by atoms with Crippen molar-refractivity contribution in [2.24, 2.45) is 0 Å². The quantitative estimate of drug-likeness (QED) is 0.768. The monoisotopic (exact) mass is 191 g/mol. The van der Waals surface area contributed by atoms with Crippen LogP contribution in [0.4, 0.5) is 0 Å². The summed E-state index contributed by atoms with van der Waals surface area (Å²) >= 11 is 0. The molecular weight excluding hydrogens is 174 g/mol. The molecule has 1 aliphatic rings. The van der Waals surface area contributed by atoms with E-state index in [9.17, 15) is 0 Å². The zero-order valence-corrected chi connectivity index (χ0v) is 8.61. The molecule has 1 aromatic rings. The van der Waals surface area contributed by atoms with E-state index >= 15 is 0 Å². The molecule has 1 aromatic heterocycles. The minimum Gasteiger partial charge on any atom is -0.315 e. The second-order valence-corrected chi connectivity index (χ2v) is 3.92. The van der Waals surface area contributed by atoms with Crippen molar-refractivity contribution < 1.29 is 0 Å². The molecular formula is C11H17N3. The van der Waals surface area contributed by atoms with Gasteiger partial charge in [0.25, 0.3) is 0 Å². The van der Waals surface area contributed by atoms with Crippen LogP contribution in [-0.4, -0.2) is 36.1 Å². The minimum atomic E-state index is 0.690. The number of hydrogen-bond acceptors (Lipinski definition) is 3. The van der Waals surface area contributed by atoms with E-state index in [2.05, 4.69) is 28.3 Å². The van der Waals surface area contributed by atoms with Gasteiger partial charge in [-0.1, -0.05) is 6.07 Å². The predicted octanol–water partition coefficient (Wildman–Crippen LogP) is 0.875. The smallest absolute Gasteiger partial charge is 0.0312 e. The normalized spacial score (nSPS) is 21.7. The first-order valence-electron chi connectivity index (χ1n) is 5.16. The Morgan fingerprint density at radius 3 is 3.21 bits per heavy atom. The van der Waals surface area contributed by atoms with E-state index in [1.54, 1.807) is 0 Å². The highest BCUT2D eigenvalue weighted by Crippen LogP contribution is 2.09. The molecule has 0 unspecified atom stereocenters. The largest absolute Gasteiger partial charge is 0.315 e. The van der Waals surface area contributed by atoms with Crippen LogP contribution in [0.15, 0.2) is 24.5 Å². The Labute approximate surface area is 85.1 Å². The third-order valence-electron chi connectivity index (χ3n) is 2.81. The molecule has 1 saturated heterocycles. The summed E-state index contributed by atoms with van der Waals surface area (Å²) in [6.45, 7) is 3.28. The summed E-state index contributed by atoms with van der Waals surface area (Å²) in [6, 6.07) is 4.82. The van der Waals surface area contributed by atoms with Gasteiger partial charge in [-0.25, -0.2) is 0 Å². The van der Waals surface area contributed by atoms with Gasteiger partial charge in [0.15, 0.2) is 0 Å². The van der Waals surface area contributed by atoms with Crippen molar-refractivity contribution in [1.29, 1.82) is 0 Å². The van der Waals surface area contributed by atoms with Crippen LogP contribution < -0.4 is 5.32 Å². The Kier molecular flexibility index (Phi) is 3.11. The molecule has 0 saturated carbocycles. The van der Waals surface area contributed by atoms with Gasteiger partial charge in [0, 0.05) is 31.5 Å². The average molecular weight is 191 g/mol. The Morgan fingerprint density at radius 2 is 2.57 bits per heavy atom. The standard InChI is InChI=1S/C11H17N3/c1-14(11-4-6-13-8-11)9-10-3-2-5-12-7-10/h2-3,5,7,11,13H,4,6,8-9H2,1H3/t11-/m1/s1. The van der Waals surface area contributed by atoms with E-state index in [0.29, 0.717) is 6.04 Å². The number of pyridine rings is 1. The van der Waals surface area contributed by atoms with Gasteiger partial charge in [0.1, 0.15) is 0 Å². The molecule has 0 amide bonds. The van der Waals surface area contributed by atoms with Crippen molar-refractivity contribution in [3.63, 3.8) is 0 Å². The molecule has 1 aliphatic heterocycles. The first-order chi connectivity index (χ1) is 6.86. The number of rotatable bonds is 3. The van der Waals surface area contributed by atoms with Crippen molar-refractivity contribution in [3.8, 4) is 0 Å². The maximum absolute atomic E-state index is 4.12. The number of aromatic nitrogens is 1. The first kappa shape index (κ1) is 9.62. The van der Waals surface area contributed by atoms with E-state index in [-0.39, 0.29) is 0 Å². The minimum absolute atomic E-state index is 0.690. The number of hydrogen-bond donors (Lipinski definition) is 1. The fourth-order valence-electron chi connectivity index (χ4n) is 1.92. The summed E-state index contributed by atoms with van der Waals surface area (Å²) in [6.07, 6.45) is 5.02. The van der Waals surface area contributed by atoms with Gasteiger partial charge >= 0.3 is 0 Å². The summed E-state index contributed by atoms with van der Waals surface area (Å²) in [4.78, 5) is 6.52. The van der Waals surface area contributed by atoms with Crippen LogP contribution in [0.3, 0.4) is 0 Å². The molecule has 76 valence electrons. The van der Waals surface area contributed by atoms with E-state index in [0.717, 1.165) is 19.6 Å². The zero-order valence-electron chi connectivity index (χ0n) is 8.61. The lowest BCUT2D eigenvalue weighted by atomic mass is 10.2. The SMILES string of the molecule is CN(Cc1cccnc1)[C@@H]1CCNC1. The molecule has 0 radical (unpaired) electrons. The number of nitrogens with one attached hydrogen (secondary N) is 1. The van der Waals surface area contributed by atoms with Crippen LogP contribution in [0.5, 0.6) is 0 Å². The molecule has 2 heterocycles. The first-order valence-corrected chi connectivity index (χ1v) is 5.16. The lowest BCUT2D eigenvalue weighted by Gasteiger charge is -2.23. The highest BCUT2D eigenvalue weighted by Gasteiger charge is 2.18. The second kappa shape index (κ2) is 4.53. The molecule has 14 heavy (non-hydrogen) atoms.